The van der Waals surface area contributed by atoms with Crippen LogP contribution in [-0.4, -0.2) is 20.5 Å². The van der Waals surface area contributed by atoms with E-state index in [1.807, 2.05) is 78.9 Å². The molecule has 0 unspecified atom stereocenters. The number of benzene rings is 3. The number of aromatic nitrogens is 3. The van der Waals surface area contributed by atoms with Gasteiger partial charge in [-0.25, -0.2) is 4.52 Å². The van der Waals surface area contributed by atoms with Gasteiger partial charge in [0.05, 0.1) is 5.69 Å². The van der Waals surface area contributed by atoms with Crippen molar-refractivity contribution in [1.29, 1.82) is 0 Å². The fourth-order valence-electron chi connectivity index (χ4n) is 3.54. The highest BCUT2D eigenvalue weighted by Gasteiger charge is 2.23. The summed E-state index contributed by atoms with van der Waals surface area (Å²) in [6.07, 6.45) is 0. The van der Waals surface area contributed by atoms with E-state index in [1.165, 1.54) is 6.07 Å². The topological polar surface area (TPSA) is 91.3 Å². The molecule has 0 saturated heterocycles. The minimum absolute atomic E-state index is 0.243. The van der Waals surface area contributed by atoms with Gasteiger partial charge in [0.25, 0.3) is 11.5 Å². The minimum atomic E-state index is -0.384. The predicted octanol–water partition coefficient (Wildman–Crippen LogP) is 4.69. The normalized spacial score (nSPS) is 10.8. The van der Waals surface area contributed by atoms with Gasteiger partial charge in [0.2, 0.25) is 0 Å². The molecule has 0 bridgehead atoms. The van der Waals surface area contributed by atoms with Gasteiger partial charge in [-0.2, -0.15) is 0 Å². The van der Waals surface area contributed by atoms with Crippen molar-refractivity contribution in [2.45, 2.75) is 0 Å². The Balaban J connectivity index is 1.70. The fraction of sp³-hybridized carbons (Fsp3) is 0. The highest BCUT2D eigenvalue weighted by molar-refractivity contribution is 6.12. The number of fused-ring (bicyclic) bond motifs is 1. The van der Waals surface area contributed by atoms with Gasteiger partial charge in [-0.1, -0.05) is 66.7 Å². The average Bonchev–Trinajstić information content (AvgIpc) is 3.18. The van der Waals surface area contributed by atoms with E-state index in [0.29, 0.717) is 22.8 Å². The Bertz CT molecular complexity index is 1440. The fourth-order valence-corrected chi connectivity index (χ4v) is 3.54. The van der Waals surface area contributed by atoms with Crippen LogP contribution < -0.4 is 16.2 Å². The first kappa shape index (κ1) is 19.3. The van der Waals surface area contributed by atoms with Crippen LogP contribution in [0, 0.1) is 0 Å². The molecule has 0 fully saturated rings. The van der Waals surface area contributed by atoms with Crippen LogP contribution in [0.2, 0.25) is 0 Å². The maximum Gasteiger partial charge on any atom is 0.263 e. The van der Waals surface area contributed by atoms with Gasteiger partial charge in [0.15, 0.2) is 11.5 Å². The van der Waals surface area contributed by atoms with Crippen LogP contribution in [0.25, 0.3) is 16.9 Å². The highest BCUT2D eigenvalue weighted by atomic mass is 16.2. The highest BCUT2D eigenvalue weighted by Crippen LogP contribution is 2.27. The maximum absolute atomic E-state index is 13.3. The van der Waals surface area contributed by atoms with Crippen LogP contribution in [0.5, 0.6) is 0 Å². The lowest BCUT2D eigenvalue weighted by Crippen LogP contribution is -2.16. The van der Waals surface area contributed by atoms with Crippen LogP contribution in [-0.2, 0) is 0 Å². The molecular weight excluding hydrogens is 402 g/mol. The molecule has 0 saturated carbocycles. The summed E-state index contributed by atoms with van der Waals surface area (Å²) in [6.45, 7) is 0. The number of amides is 1. The smallest absolute Gasteiger partial charge is 0.263 e. The van der Waals surface area contributed by atoms with E-state index in [2.05, 4.69) is 20.7 Å². The summed E-state index contributed by atoms with van der Waals surface area (Å²) in [4.78, 5) is 28.6. The maximum atomic E-state index is 13.3. The molecule has 0 aliphatic rings. The van der Waals surface area contributed by atoms with Gasteiger partial charge in [0, 0.05) is 23.0 Å². The standard InChI is InChI=1S/C25H19N5O2/c31-21-16-20(17-10-4-1-5-11-17)30-24(28-21)22(25(32)27-19-14-8-3-9-15-19)23(29-30)26-18-12-6-2-7-13-18/h1-16H,(H,26,29)(H,27,32)(H,28,31). The van der Waals surface area contributed by atoms with Crippen molar-refractivity contribution in [2.75, 3.05) is 10.6 Å². The number of carbonyl (C=O) groups excluding carboxylic acids is 1. The number of hydrogen-bond donors (Lipinski definition) is 3. The van der Waals surface area contributed by atoms with E-state index < -0.39 is 0 Å². The SMILES string of the molecule is O=C(Nc1ccccc1)c1c(Nc2ccccc2)nn2c(-c3ccccc3)cc(=O)[nH]c12. The molecule has 7 heteroatoms. The Labute approximate surface area is 183 Å². The van der Waals surface area contributed by atoms with Crippen LogP contribution in [0.15, 0.2) is 102 Å². The van der Waals surface area contributed by atoms with E-state index in [0.717, 1.165) is 11.3 Å². The Hall–Kier alpha value is -4.65. The zero-order chi connectivity index (χ0) is 21.9. The average molecular weight is 421 g/mol. The number of H-pyrrole nitrogens is 1. The number of nitrogens with zero attached hydrogens (tertiary/aromatic N) is 2. The number of aromatic amines is 1. The predicted molar refractivity (Wildman–Crippen MR) is 125 cm³/mol. The molecule has 2 heterocycles. The van der Waals surface area contributed by atoms with Gasteiger partial charge < -0.3 is 15.6 Å². The molecule has 0 atom stereocenters. The quantitative estimate of drug-likeness (QED) is 0.384. The Morgan fingerprint density at radius 1 is 0.812 bits per heavy atom. The summed E-state index contributed by atoms with van der Waals surface area (Å²) < 4.78 is 1.59. The number of carbonyl (C=O) groups is 1. The molecule has 1 amide bonds. The van der Waals surface area contributed by atoms with Crippen LogP contribution in [0.1, 0.15) is 10.4 Å². The Morgan fingerprint density at radius 2 is 1.41 bits per heavy atom. The second-order valence-electron chi connectivity index (χ2n) is 7.18. The van der Waals surface area contributed by atoms with Gasteiger partial charge >= 0.3 is 0 Å². The van der Waals surface area contributed by atoms with Crippen molar-refractivity contribution in [1.82, 2.24) is 14.6 Å². The summed E-state index contributed by atoms with van der Waals surface area (Å²) >= 11 is 0. The van der Waals surface area contributed by atoms with Crippen molar-refractivity contribution < 1.29 is 4.79 Å². The van der Waals surface area contributed by atoms with Gasteiger partial charge in [-0.3, -0.25) is 9.59 Å². The van der Waals surface area contributed by atoms with E-state index in [9.17, 15) is 9.59 Å². The molecular formula is C25H19N5O2. The monoisotopic (exact) mass is 421 g/mol. The Morgan fingerprint density at radius 3 is 2.06 bits per heavy atom. The molecule has 7 nitrogen and oxygen atoms in total. The molecule has 0 spiro atoms. The molecule has 156 valence electrons. The molecule has 0 aliphatic carbocycles. The lowest BCUT2D eigenvalue weighted by atomic mass is 10.1. The lowest BCUT2D eigenvalue weighted by Gasteiger charge is -2.07. The van der Waals surface area contributed by atoms with E-state index in [-0.39, 0.29) is 17.0 Å². The van der Waals surface area contributed by atoms with Crippen LogP contribution in [0.4, 0.5) is 17.2 Å². The zero-order valence-electron chi connectivity index (χ0n) is 16.9. The molecule has 3 aromatic carbocycles. The third kappa shape index (κ3) is 3.75. The second kappa shape index (κ2) is 8.23. The summed E-state index contributed by atoms with van der Waals surface area (Å²) in [6, 6.07) is 29.5. The lowest BCUT2D eigenvalue weighted by molar-refractivity contribution is 0.102. The molecule has 0 aliphatic heterocycles. The third-order valence-corrected chi connectivity index (χ3v) is 4.99. The zero-order valence-corrected chi connectivity index (χ0v) is 16.9. The third-order valence-electron chi connectivity index (χ3n) is 4.99. The van der Waals surface area contributed by atoms with Crippen molar-refractivity contribution in [2.24, 2.45) is 0 Å². The van der Waals surface area contributed by atoms with Crippen molar-refractivity contribution in [3.8, 4) is 11.3 Å². The van der Waals surface area contributed by atoms with Gasteiger partial charge in [0.1, 0.15) is 5.56 Å². The van der Waals surface area contributed by atoms with Gasteiger partial charge in [-0.15, -0.1) is 5.10 Å². The number of para-hydroxylation sites is 2. The van der Waals surface area contributed by atoms with Gasteiger partial charge in [-0.05, 0) is 24.3 Å². The van der Waals surface area contributed by atoms with Crippen LogP contribution in [0.3, 0.4) is 0 Å². The number of hydrogen-bond acceptors (Lipinski definition) is 4. The largest absolute Gasteiger partial charge is 0.338 e. The van der Waals surface area contributed by atoms with E-state index >= 15 is 0 Å². The van der Waals surface area contributed by atoms with Crippen molar-refractivity contribution in [3.05, 3.63) is 113 Å². The first-order valence-electron chi connectivity index (χ1n) is 10.1. The molecule has 5 rings (SSSR count). The number of rotatable bonds is 5. The van der Waals surface area contributed by atoms with Crippen LogP contribution >= 0.6 is 0 Å². The first-order valence-corrected chi connectivity index (χ1v) is 10.1. The number of anilines is 3. The van der Waals surface area contributed by atoms with Crippen molar-refractivity contribution in [3.63, 3.8) is 0 Å². The van der Waals surface area contributed by atoms with Crippen molar-refractivity contribution >= 4 is 28.7 Å². The van der Waals surface area contributed by atoms with E-state index in [1.54, 1.807) is 16.6 Å². The Kier molecular flexibility index (Phi) is 4.97. The summed E-state index contributed by atoms with van der Waals surface area (Å²) in [7, 11) is 0. The molecule has 2 aromatic heterocycles. The number of nitrogens with one attached hydrogen (secondary N) is 3. The molecule has 32 heavy (non-hydrogen) atoms. The molecule has 3 N–H and O–H groups in total. The summed E-state index contributed by atoms with van der Waals surface area (Å²) in [5.41, 5.74) is 3.04. The molecule has 0 radical (unpaired) electrons. The molecule has 5 aromatic rings. The van der Waals surface area contributed by atoms with E-state index in [4.69, 9.17) is 0 Å². The first-order chi connectivity index (χ1) is 15.7. The summed E-state index contributed by atoms with van der Waals surface area (Å²) in [5.74, 6) is -0.0471. The summed E-state index contributed by atoms with van der Waals surface area (Å²) in [5, 5.41) is 10.8. The second-order valence-corrected chi connectivity index (χ2v) is 7.18. The minimum Gasteiger partial charge on any atom is -0.338 e.